The average Bonchev–Trinajstić information content (AvgIpc) is 3.12. The van der Waals surface area contributed by atoms with Crippen LogP contribution in [0.1, 0.15) is 21.7 Å². The number of nitrogens with zero attached hydrogens (tertiary/aromatic N) is 5. The van der Waals surface area contributed by atoms with E-state index in [2.05, 4.69) is 16.8 Å². The van der Waals surface area contributed by atoms with E-state index in [9.17, 15) is 4.79 Å². The van der Waals surface area contributed by atoms with Crippen LogP contribution in [0.3, 0.4) is 0 Å². The molecule has 1 aromatic carbocycles. The normalized spacial score (nSPS) is 13.9. The molecular weight excluding hydrogens is 394 g/mol. The number of ether oxygens (including phenoxy) is 2. The molecule has 1 saturated heterocycles. The Labute approximate surface area is 182 Å². The van der Waals surface area contributed by atoms with E-state index < -0.39 is 0 Å². The zero-order valence-corrected chi connectivity index (χ0v) is 18.3. The van der Waals surface area contributed by atoms with E-state index in [4.69, 9.17) is 14.6 Å². The lowest BCUT2D eigenvalue weighted by atomic mass is 10.1. The first-order chi connectivity index (χ1) is 15.0. The van der Waals surface area contributed by atoms with E-state index in [1.54, 1.807) is 38.6 Å². The van der Waals surface area contributed by atoms with Crippen LogP contribution in [-0.2, 0) is 0 Å². The molecule has 8 heteroatoms. The van der Waals surface area contributed by atoms with E-state index in [-0.39, 0.29) is 5.91 Å². The number of amides is 1. The van der Waals surface area contributed by atoms with Crippen molar-refractivity contribution in [1.29, 1.82) is 0 Å². The van der Waals surface area contributed by atoms with Crippen LogP contribution in [-0.4, -0.2) is 66.0 Å². The first-order valence-corrected chi connectivity index (χ1v) is 10.3. The number of methoxy groups -OCH3 is 2. The number of benzene rings is 1. The predicted octanol–water partition coefficient (Wildman–Crippen LogP) is 2.86. The minimum Gasteiger partial charge on any atom is -0.497 e. The fourth-order valence-electron chi connectivity index (χ4n) is 4.07. The summed E-state index contributed by atoms with van der Waals surface area (Å²) < 4.78 is 12.5. The van der Waals surface area contributed by atoms with Crippen molar-refractivity contribution in [1.82, 2.24) is 19.7 Å². The van der Waals surface area contributed by atoms with Crippen molar-refractivity contribution in [2.45, 2.75) is 13.8 Å². The Bertz CT molecular complexity index is 1070. The highest BCUT2D eigenvalue weighted by atomic mass is 16.5. The van der Waals surface area contributed by atoms with Gasteiger partial charge in [0, 0.05) is 38.4 Å². The molecule has 0 aliphatic carbocycles. The molecule has 31 heavy (non-hydrogen) atoms. The van der Waals surface area contributed by atoms with Gasteiger partial charge in [-0.25, -0.2) is 9.67 Å². The van der Waals surface area contributed by atoms with Crippen molar-refractivity contribution in [3.63, 3.8) is 0 Å². The van der Waals surface area contributed by atoms with Crippen LogP contribution in [0.25, 0.3) is 5.82 Å². The Kier molecular flexibility index (Phi) is 5.79. The number of aryl methyl sites for hydroxylation is 1. The summed E-state index contributed by atoms with van der Waals surface area (Å²) in [6, 6.07) is 11.1. The fourth-order valence-corrected chi connectivity index (χ4v) is 4.07. The molecule has 3 heterocycles. The van der Waals surface area contributed by atoms with Gasteiger partial charge in [-0.2, -0.15) is 5.10 Å². The largest absolute Gasteiger partial charge is 0.497 e. The molecule has 1 amide bonds. The molecule has 0 spiro atoms. The highest BCUT2D eigenvalue weighted by Crippen LogP contribution is 2.29. The summed E-state index contributed by atoms with van der Waals surface area (Å²) in [6.07, 6.45) is 1.77. The molecule has 1 aliphatic heterocycles. The number of hydrogen-bond donors (Lipinski definition) is 0. The second kappa shape index (κ2) is 8.67. The second-order valence-electron chi connectivity index (χ2n) is 7.46. The van der Waals surface area contributed by atoms with Gasteiger partial charge in [0.05, 0.1) is 36.9 Å². The van der Waals surface area contributed by atoms with Crippen LogP contribution in [0, 0.1) is 13.8 Å². The minimum atomic E-state index is -0.0308. The Balaban J connectivity index is 1.50. The van der Waals surface area contributed by atoms with Crippen molar-refractivity contribution in [3.8, 4) is 17.3 Å². The Morgan fingerprint density at radius 1 is 1.00 bits per heavy atom. The van der Waals surface area contributed by atoms with Gasteiger partial charge in [-0.05, 0) is 38.1 Å². The fraction of sp³-hybridized carbons (Fsp3) is 0.348. The molecule has 1 aliphatic rings. The van der Waals surface area contributed by atoms with Crippen LogP contribution in [0.15, 0.2) is 42.6 Å². The Hall–Kier alpha value is -3.55. The number of aromatic nitrogens is 3. The predicted molar refractivity (Wildman–Crippen MR) is 118 cm³/mol. The number of carbonyl (C=O) groups excluding carboxylic acids is 1. The van der Waals surface area contributed by atoms with Crippen molar-refractivity contribution in [3.05, 3.63) is 59.5 Å². The van der Waals surface area contributed by atoms with Crippen LogP contribution in [0.5, 0.6) is 11.5 Å². The Morgan fingerprint density at radius 2 is 1.77 bits per heavy atom. The minimum absolute atomic E-state index is 0.0308. The number of hydrogen-bond acceptors (Lipinski definition) is 6. The zero-order chi connectivity index (χ0) is 22.0. The maximum Gasteiger partial charge on any atom is 0.257 e. The SMILES string of the molecule is COc1ccc(C(=O)N2CCN(c3c(C)nn(-c4ccccn4)c3C)CC2)c(OC)c1. The molecule has 0 atom stereocenters. The zero-order valence-electron chi connectivity index (χ0n) is 18.3. The van der Waals surface area contributed by atoms with E-state index >= 15 is 0 Å². The first kappa shape index (κ1) is 20.7. The lowest BCUT2D eigenvalue weighted by Gasteiger charge is -2.36. The maximum atomic E-state index is 13.1. The molecule has 2 aromatic heterocycles. The average molecular weight is 422 g/mol. The lowest BCUT2D eigenvalue weighted by Crippen LogP contribution is -2.49. The summed E-state index contributed by atoms with van der Waals surface area (Å²) >= 11 is 0. The van der Waals surface area contributed by atoms with E-state index in [1.165, 1.54) is 0 Å². The third kappa shape index (κ3) is 3.93. The number of carbonyl (C=O) groups is 1. The van der Waals surface area contributed by atoms with Gasteiger partial charge in [-0.3, -0.25) is 4.79 Å². The molecular formula is C23H27N5O3. The standard InChI is InChI=1S/C23H27N5O3/c1-16-22(17(2)28(25-16)21-7-5-6-10-24-21)26-11-13-27(14-12-26)23(29)19-9-8-18(30-3)15-20(19)31-4/h5-10,15H,11-14H2,1-4H3. The molecule has 4 rings (SSSR count). The molecule has 8 nitrogen and oxygen atoms in total. The van der Waals surface area contributed by atoms with Crippen molar-refractivity contribution < 1.29 is 14.3 Å². The molecule has 0 radical (unpaired) electrons. The van der Waals surface area contributed by atoms with Gasteiger partial charge >= 0.3 is 0 Å². The van der Waals surface area contributed by atoms with Crippen LogP contribution >= 0.6 is 0 Å². The smallest absolute Gasteiger partial charge is 0.257 e. The maximum absolute atomic E-state index is 13.1. The van der Waals surface area contributed by atoms with Crippen molar-refractivity contribution in [2.75, 3.05) is 45.3 Å². The van der Waals surface area contributed by atoms with Gasteiger partial charge in [-0.15, -0.1) is 0 Å². The van der Waals surface area contributed by atoms with Crippen LogP contribution < -0.4 is 14.4 Å². The quantitative estimate of drug-likeness (QED) is 0.631. The summed E-state index contributed by atoms with van der Waals surface area (Å²) in [6.45, 7) is 6.80. The number of piperazine rings is 1. The van der Waals surface area contributed by atoms with Gasteiger partial charge in [-0.1, -0.05) is 6.07 Å². The van der Waals surface area contributed by atoms with Gasteiger partial charge < -0.3 is 19.3 Å². The second-order valence-corrected chi connectivity index (χ2v) is 7.46. The molecule has 0 saturated carbocycles. The van der Waals surface area contributed by atoms with Crippen LogP contribution in [0.4, 0.5) is 5.69 Å². The Morgan fingerprint density at radius 3 is 2.42 bits per heavy atom. The van der Waals surface area contributed by atoms with Crippen molar-refractivity contribution >= 4 is 11.6 Å². The van der Waals surface area contributed by atoms with E-state index in [1.807, 2.05) is 34.7 Å². The third-order valence-corrected chi connectivity index (χ3v) is 5.64. The van der Waals surface area contributed by atoms with E-state index in [0.717, 1.165) is 36.0 Å². The van der Waals surface area contributed by atoms with Gasteiger partial charge in [0.15, 0.2) is 5.82 Å². The highest BCUT2D eigenvalue weighted by molar-refractivity contribution is 5.97. The van der Waals surface area contributed by atoms with Crippen molar-refractivity contribution in [2.24, 2.45) is 0 Å². The number of anilines is 1. The summed E-state index contributed by atoms with van der Waals surface area (Å²) in [5.41, 5.74) is 3.67. The third-order valence-electron chi connectivity index (χ3n) is 5.64. The molecule has 1 fully saturated rings. The first-order valence-electron chi connectivity index (χ1n) is 10.3. The highest BCUT2D eigenvalue weighted by Gasteiger charge is 2.27. The summed E-state index contributed by atoms with van der Waals surface area (Å²) in [4.78, 5) is 21.7. The number of pyridine rings is 1. The van der Waals surface area contributed by atoms with Gasteiger partial charge in [0.25, 0.3) is 5.91 Å². The summed E-state index contributed by atoms with van der Waals surface area (Å²) in [5.74, 6) is 1.95. The van der Waals surface area contributed by atoms with Crippen LogP contribution in [0.2, 0.25) is 0 Å². The molecule has 162 valence electrons. The molecule has 0 N–H and O–H groups in total. The summed E-state index contributed by atoms with van der Waals surface area (Å²) in [5, 5.41) is 4.70. The monoisotopic (exact) mass is 421 g/mol. The number of rotatable bonds is 5. The molecule has 3 aromatic rings. The topological polar surface area (TPSA) is 72.7 Å². The van der Waals surface area contributed by atoms with E-state index in [0.29, 0.717) is 30.2 Å². The van der Waals surface area contributed by atoms with Gasteiger partial charge in [0.2, 0.25) is 0 Å². The molecule has 0 unspecified atom stereocenters. The van der Waals surface area contributed by atoms with Gasteiger partial charge in [0.1, 0.15) is 11.5 Å². The summed E-state index contributed by atoms with van der Waals surface area (Å²) in [7, 11) is 3.16. The molecule has 0 bridgehead atoms. The lowest BCUT2D eigenvalue weighted by molar-refractivity contribution is 0.0743.